The number of amides is 1. The topological polar surface area (TPSA) is 81.9 Å². The van der Waals surface area contributed by atoms with E-state index in [0.717, 1.165) is 16.8 Å². The van der Waals surface area contributed by atoms with E-state index in [1.54, 1.807) is 34.9 Å². The van der Waals surface area contributed by atoms with Crippen molar-refractivity contribution in [1.82, 2.24) is 19.7 Å². The molecule has 4 rings (SSSR count). The molecule has 0 radical (unpaired) electrons. The molecule has 3 aromatic rings. The fourth-order valence-electron chi connectivity index (χ4n) is 3.06. The number of nitrogens with zero attached hydrogens (tertiary/aromatic N) is 4. The van der Waals surface area contributed by atoms with Crippen LogP contribution in [0.4, 0.5) is 5.82 Å². The summed E-state index contributed by atoms with van der Waals surface area (Å²) in [4.78, 5) is 20.9. The average Bonchev–Trinajstić information content (AvgIpc) is 2.93. The number of hydrogen-bond acceptors (Lipinski definition) is 6. The van der Waals surface area contributed by atoms with Gasteiger partial charge in [-0.3, -0.25) is 4.79 Å². The molecule has 1 N–H and O–H groups in total. The summed E-state index contributed by atoms with van der Waals surface area (Å²) in [5, 5.41) is 7.49. The maximum Gasteiger partial charge on any atom is 0.252 e. The lowest BCUT2D eigenvalue weighted by Crippen LogP contribution is -2.16. The van der Waals surface area contributed by atoms with Crippen molar-refractivity contribution in [2.24, 2.45) is 0 Å². The van der Waals surface area contributed by atoms with Crippen molar-refractivity contribution in [3.8, 4) is 24.0 Å². The van der Waals surface area contributed by atoms with Crippen molar-refractivity contribution in [3.63, 3.8) is 0 Å². The molecule has 0 saturated heterocycles. The first-order valence-corrected chi connectivity index (χ1v) is 9.67. The predicted molar refractivity (Wildman–Crippen MR) is 108 cm³/mol. The summed E-state index contributed by atoms with van der Waals surface area (Å²) in [7, 11) is 0. The molecule has 28 heavy (non-hydrogen) atoms. The zero-order chi connectivity index (χ0) is 19.5. The maximum absolute atomic E-state index is 12.3. The predicted octanol–water partition coefficient (Wildman–Crippen LogP) is 2.76. The number of rotatable bonds is 4. The van der Waals surface area contributed by atoms with Crippen molar-refractivity contribution in [1.29, 1.82) is 0 Å². The molecule has 3 heterocycles. The Balaban J connectivity index is 1.77. The molecule has 1 aromatic carbocycles. The van der Waals surface area contributed by atoms with Gasteiger partial charge in [0.1, 0.15) is 18.2 Å². The van der Waals surface area contributed by atoms with E-state index in [1.165, 1.54) is 0 Å². The summed E-state index contributed by atoms with van der Waals surface area (Å²) in [6, 6.07) is 9.47. The molecule has 0 spiro atoms. The molecule has 1 atom stereocenters. The molecule has 0 saturated carbocycles. The number of hydrogen-bond donors (Lipinski definition) is 1. The molecule has 0 aliphatic carbocycles. The van der Waals surface area contributed by atoms with Crippen molar-refractivity contribution in [2.45, 2.75) is 12.2 Å². The van der Waals surface area contributed by atoms with Gasteiger partial charge in [0.25, 0.3) is 5.95 Å². The molecule has 1 amide bonds. The molecule has 1 aliphatic rings. The van der Waals surface area contributed by atoms with Crippen LogP contribution in [0, 0.1) is 19.3 Å². The highest BCUT2D eigenvalue weighted by Gasteiger charge is 2.31. The zero-order valence-corrected chi connectivity index (χ0v) is 15.9. The van der Waals surface area contributed by atoms with Gasteiger partial charge in [0.15, 0.2) is 0 Å². The van der Waals surface area contributed by atoms with Gasteiger partial charge in [0.05, 0.1) is 16.7 Å². The zero-order valence-electron chi connectivity index (χ0n) is 15.1. The Bertz CT molecular complexity index is 1040. The smallest absolute Gasteiger partial charge is 0.252 e. The van der Waals surface area contributed by atoms with Crippen LogP contribution >= 0.6 is 11.8 Å². The number of carbonyl (C=O) groups is 1. The van der Waals surface area contributed by atoms with Crippen LogP contribution in [0.25, 0.3) is 5.95 Å². The van der Waals surface area contributed by atoms with Crippen LogP contribution in [0.1, 0.15) is 22.1 Å². The van der Waals surface area contributed by atoms with Crippen molar-refractivity contribution in [2.75, 3.05) is 17.7 Å². The van der Waals surface area contributed by atoms with E-state index >= 15 is 0 Å². The normalized spacial score (nSPS) is 15.9. The number of aromatic nitrogens is 4. The Labute approximate surface area is 166 Å². The van der Waals surface area contributed by atoms with E-state index in [-0.39, 0.29) is 17.8 Å². The maximum atomic E-state index is 12.3. The summed E-state index contributed by atoms with van der Waals surface area (Å²) in [6.45, 7) is 2.15. The Morgan fingerprint density at radius 2 is 2.07 bits per heavy atom. The van der Waals surface area contributed by atoms with Gasteiger partial charge in [-0.1, -0.05) is 18.1 Å². The summed E-state index contributed by atoms with van der Waals surface area (Å²) in [6.07, 6.45) is 8.53. The third kappa shape index (κ3) is 3.44. The molecule has 8 heteroatoms. The van der Waals surface area contributed by atoms with E-state index < -0.39 is 0 Å². The Hall–Kier alpha value is -3.31. The number of benzene rings is 1. The number of nitrogens with one attached hydrogen (secondary N) is 1. The summed E-state index contributed by atoms with van der Waals surface area (Å²) in [5.74, 6) is 4.43. The number of terminal acetylenes is 1. The van der Waals surface area contributed by atoms with Crippen LogP contribution in [-0.2, 0) is 4.79 Å². The van der Waals surface area contributed by atoms with Gasteiger partial charge >= 0.3 is 0 Å². The number of ether oxygens (including phenoxy) is 1. The molecule has 0 fully saturated rings. The summed E-state index contributed by atoms with van der Waals surface area (Å²) in [5.41, 5.74) is 2.81. The third-order valence-electron chi connectivity index (χ3n) is 4.25. The van der Waals surface area contributed by atoms with Crippen LogP contribution in [0.2, 0.25) is 0 Å². The first kappa shape index (κ1) is 18.1. The van der Waals surface area contributed by atoms with Gasteiger partial charge in [0, 0.05) is 18.0 Å². The van der Waals surface area contributed by atoms with Crippen LogP contribution in [-0.4, -0.2) is 38.0 Å². The fraction of sp³-hybridized carbons (Fsp3) is 0.200. The van der Waals surface area contributed by atoms with Gasteiger partial charge in [-0.05, 0) is 30.7 Å². The number of anilines is 1. The van der Waals surface area contributed by atoms with Gasteiger partial charge in [-0.25, -0.2) is 9.97 Å². The number of carbonyl (C=O) groups excluding carboxylic acids is 1. The average molecular weight is 391 g/mol. The molecule has 0 bridgehead atoms. The standard InChI is InChI=1S/C20H17N5O2S/c1-3-11-27-15-7-5-14(6-8-15)18-17-13(2)24-25(20-21-9-4-10-22-20)19(17)23-16(26)12-28-18/h1,4-10,18H,11-12H2,2H3,(H,23,26)/t18-/m1/s1. The quantitative estimate of drug-likeness (QED) is 0.689. The minimum absolute atomic E-state index is 0.0619. The highest BCUT2D eigenvalue weighted by Crippen LogP contribution is 2.43. The van der Waals surface area contributed by atoms with E-state index in [9.17, 15) is 4.79 Å². The van der Waals surface area contributed by atoms with Gasteiger partial charge < -0.3 is 10.1 Å². The SMILES string of the molecule is C#CCOc1ccc([C@H]2SCC(=O)Nc3c2c(C)nn3-c2ncccn2)cc1. The van der Waals surface area contributed by atoms with E-state index in [0.29, 0.717) is 23.3 Å². The molecule has 0 unspecified atom stereocenters. The van der Waals surface area contributed by atoms with Crippen LogP contribution < -0.4 is 10.1 Å². The molecular weight excluding hydrogens is 374 g/mol. The summed E-state index contributed by atoms with van der Waals surface area (Å²) >= 11 is 1.55. The van der Waals surface area contributed by atoms with Gasteiger partial charge in [-0.15, -0.1) is 18.2 Å². The minimum atomic E-state index is -0.0835. The van der Waals surface area contributed by atoms with Gasteiger partial charge in [-0.2, -0.15) is 9.78 Å². The van der Waals surface area contributed by atoms with Gasteiger partial charge in [0.2, 0.25) is 5.91 Å². The Morgan fingerprint density at radius 1 is 1.32 bits per heavy atom. The van der Waals surface area contributed by atoms with Crippen molar-refractivity contribution < 1.29 is 9.53 Å². The second kappa shape index (κ2) is 7.74. The largest absolute Gasteiger partial charge is 0.481 e. The first-order chi connectivity index (χ1) is 13.7. The molecular formula is C20H17N5O2S. The lowest BCUT2D eigenvalue weighted by atomic mass is 10.0. The number of thioether (sulfide) groups is 1. The van der Waals surface area contributed by atoms with Crippen molar-refractivity contribution >= 4 is 23.5 Å². The molecule has 1 aliphatic heterocycles. The van der Waals surface area contributed by atoms with E-state index in [2.05, 4.69) is 26.3 Å². The van der Waals surface area contributed by atoms with Crippen LogP contribution in [0.3, 0.4) is 0 Å². The summed E-state index contributed by atoms with van der Waals surface area (Å²) < 4.78 is 7.04. The second-order valence-electron chi connectivity index (χ2n) is 6.11. The Morgan fingerprint density at radius 3 is 2.79 bits per heavy atom. The van der Waals surface area contributed by atoms with Crippen LogP contribution in [0.5, 0.6) is 5.75 Å². The Kier molecular flexibility index (Phi) is 5.00. The van der Waals surface area contributed by atoms with Crippen molar-refractivity contribution in [3.05, 3.63) is 59.5 Å². The molecule has 7 nitrogen and oxygen atoms in total. The van der Waals surface area contributed by atoms with E-state index in [4.69, 9.17) is 11.2 Å². The number of aryl methyl sites for hydroxylation is 1. The van der Waals surface area contributed by atoms with E-state index in [1.807, 2.05) is 31.2 Å². The fourth-order valence-corrected chi connectivity index (χ4v) is 4.24. The second-order valence-corrected chi connectivity index (χ2v) is 7.20. The van der Waals surface area contributed by atoms with Crippen LogP contribution in [0.15, 0.2) is 42.7 Å². The monoisotopic (exact) mass is 391 g/mol. The first-order valence-electron chi connectivity index (χ1n) is 8.62. The minimum Gasteiger partial charge on any atom is -0.481 e. The molecule has 140 valence electrons. The lowest BCUT2D eigenvalue weighted by molar-refractivity contribution is -0.113. The highest BCUT2D eigenvalue weighted by molar-refractivity contribution is 8.00. The molecule has 2 aromatic heterocycles. The third-order valence-corrected chi connectivity index (χ3v) is 5.52. The lowest BCUT2D eigenvalue weighted by Gasteiger charge is -2.15. The number of fused-ring (bicyclic) bond motifs is 1. The highest BCUT2D eigenvalue weighted by atomic mass is 32.2.